The molecule has 0 amide bonds. The number of aliphatic hydroxyl groups is 2. The van der Waals surface area contributed by atoms with Crippen molar-refractivity contribution in [2.24, 2.45) is 39.9 Å². The minimum Gasteiger partial charge on any atom is -0.726 e. The van der Waals surface area contributed by atoms with E-state index in [9.17, 15) is 60.8 Å². The average molecular weight is 847 g/mol. The van der Waals surface area contributed by atoms with Crippen molar-refractivity contribution in [2.75, 3.05) is 6.61 Å². The van der Waals surface area contributed by atoms with Crippen molar-refractivity contribution in [3.8, 4) is 0 Å². The van der Waals surface area contributed by atoms with E-state index in [1.54, 1.807) is 20.8 Å². The number of esters is 1. The fourth-order valence-electron chi connectivity index (χ4n) is 10.3. The third-order valence-corrected chi connectivity index (χ3v) is 12.9. The fraction of sp³-hybridized carbons (Fsp3) is 0.839. The first kappa shape index (κ1) is 48.4. The van der Waals surface area contributed by atoms with Crippen molar-refractivity contribution in [3.05, 3.63) is 12.2 Å². The molecule has 4 N–H and O–H groups in total. The van der Waals surface area contributed by atoms with Crippen LogP contribution in [0.4, 0.5) is 0 Å². The number of carbonyl (C=O) groups is 3. The van der Waals surface area contributed by atoms with Crippen LogP contribution in [0.3, 0.4) is 0 Å². The molecule has 5 fully saturated rings. The largest absolute Gasteiger partial charge is 1.00 e. The molecular formula is C31H44K2O18S2. The first-order valence-corrected chi connectivity index (χ1v) is 19.4. The molecule has 1 aliphatic heterocycles. The van der Waals surface area contributed by atoms with E-state index >= 15 is 0 Å². The van der Waals surface area contributed by atoms with Gasteiger partial charge in [-0.3, -0.25) is 22.7 Å². The summed E-state index contributed by atoms with van der Waals surface area (Å²) in [6.07, 6.45) is -12.0. The van der Waals surface area contributed by atoms with Gasteiger partial charge in [0, 0.05) is 18.3 Å². The normalized spacial score (nSPS) is 39.1. The van der Waals surface area contributed by atoms with Gasteiger partial charge in [-0.25, -0.2) is 16.8 Å². The molecule has 1 spiro atoms. The number of carbonyl (C=O) groups excluding carboxylic acids is 1. The monoisotopic (exact) mass is 846 g/mol. The number of hydrogen-bond donors (Lipinski definition) is 4. The Morgan fingerprint density at radius 3 is 2.04 bits per heavy atom. The molecule has 4 saturated carbocycles. The minimum atomic E-state index is -5.78. The molecule has 1 heterocycles. The van der Waals surface area contributed by atoms with Crippen molar-refractivity contribution in [2.45, 2.75) is 115 Å². The molecule has 0 aromatic heterocycles. The minimum absolute atomic E-state index is 0. The first-order valence-electron chi connectivity index (χ1n) is 16.7. The summed E-state index contributed by atoms with van der Waals surface area (Å²) in [5.41, 5.74) is -3.58. The molecule has 22 heteroatoms. The van der Waals surface area contributed by atoms with Gasteiger partial charge >= 0.3 is 121 Å². The number of aliphatic carboxylic acids is 2. The van der Waals surface area contributed by atoms with Crippen molar-refractivity contribution >= 4 is 38.7 Å². The van der Waals surface area contributed by atoms with Gasteiger partial charge < -0.3 is 43.7 Å². The van der Waals surface area contributed by atoms with E-state index in [-0.39, 0.29) is 134 Å². The summed E-state index contributed by atoms with van der Waals surface area (Å²) in [4.78, 5) is 39.2. The number of carboxylic acid groups (broad SMARTS) is 2. The Balaban J connectivity index is 0.00000378. The van der Waals surface area contributed by atoms with E-state index in [2.05, 4.69) is 14.9 Å². The molecular weight excluding hydrogens is 803 g/mol. The van der Waals surface area contributed by atoms with E-state index in [0.717, 1.165) is 0 Å². The molecule has 5 aliphatic rings. The maximum absolute atomic E-state index is 13.1. The Morgan fingerprint density at radius 1 is 0.925 bits per heavy atom. The van der Waals surface area contributed by atoms with E-state index in [0.29, 0.717) is 31.3 Å². The number of fused-ring (bicyclic) bond motifs is 3. The molecule has 4 aliphatic carbocycles. The number of ether oxygens (including phenoxy) is 3. The topological polar surface area (TPSA) is 293 Å². The Kier molecular flexibility index (Phi) is 16.1. The second kappa shape index (κ2) is 17.7. The summed E-state index contributed by atoms with van der Waals surface area (Å²) in [6.45, 7) is 7.93. The second-order valence-corrected chi connectivity index (χ2v) is 17.3. The summed E-state index contributed by atoms with van der Waals surface area (Å²) in [7, 11) is -11.5. The zero-order valence-electron chi connectivity index (χ0n) is 30.2. The van der Waals surface area contributed by atoms with Crippen LogP contribution >= 0.6 is 0 Å². The van der Waals surface area contributed by atoms with Crippen molar-refractivity contribution in [1.29, 1.82) is 0 Å². The third-order valence-electron chi connectivity index (χ3n) is 12.0. The van der Waals surface area contributed by atoms with Crippen LogP contribution in [0.5, 0.6) is 0 Å². The number of rotatable bonds is 12. The van der Waals surface area contributed by atoms with Gasteiger partial charge in [0.15, 0.2) is 17.8 Å². The molecule has 12 atom stereocenters. The first-order chi connectivity index (χ1) is 23.5. The van der Waals surface area contributed by atoms with Crippen LogP contribution in [-0.2, 0) is 57.8 Å². The molecule has 53 heavy (non-hydrogen) atoms. The molecule has 0 radical (unpaired) electrons. The zero-order chi connectivity index (χ0) is 38.1. The standard InChI is InChI=1S/C31H46O18S2.2K/c1-14(2)9-21(33)47-24-23(49-51(42,43)44)22(48-50(39,40)41)18(13-32)46-26(24)45-17-11-29(4)19-6-5-16-10-30(19,25(34)15(16)3)8-7-20(29)31(12-17,27(35)36)28(37)38;;/h14,16-20,22-26,32,34H,3,5-13H2,1-2,4H3,(H,35,36)(H,37,38)(H,39,40,41)(H,42,43,44);;/q;2*+1/p-2/t16?,17?,18?,19?,20?,22?,23?,24?,25?,26?,29-,30-;;/m0../s1. The molecule has 290 valence electrons. The van der Waals surface area contributed by atoms with Gasteiger partial charge in [0.1, 0.15) is 18.3 Å². The zero-order valence-corrected chi connectivity index (χ0v) is 38.1. The van der Waals surface area contributed by atoms with Gasteiger partial charge in [0.2, 0.25) is 20.8 Å². The van der Waals surface area contributed by atoms with Crippen LogP contribution in [0.25, 0.3) is 0 Å². The molecule has 18 nitrogen and oxygen atoms in total. The Labute approximate surface area is 393 Å². The van der Waals surface area contributed by atoms with E-state index in [1.807, 2.05) is 0 Å². The Morgan fingerprint density at radius 2 is 1.51 bits per heavy atom. The maximum atomic E-state index is 13.1. The SMILES string of the molecule is C=C1C2CCC3[C@]4(C)CC(OC5OC(CO)C(OS(=O)(=O)[O-])C(OS(=O)(=O)[O-])C5OC(=O)CC(C)C)CC(C(=O)O)(C(=O)O)C4CC[C@@]3(C2)C1O.[K+].[K+]. The second-order valence-electron chi connectivity index (χ2n) is 15.3. The third kappa shape index (κ3) is 9.42. The van der Waals surface area contributed by atoms with E-state index < -0.39 is 123 Å². The van der Waals surface area contributed by atoms with Gasteiger partial charge in [0.05, 0.1) is 18.8 Å². The van der Waals surface area contributed by atoms with Crippen molar-refractivity contribution in [3.63, 3.8) is 0 Å². The summed E-state index contributed by atoms with van der Waals surface area (Å²) in [6, 6.07) is 0. The predicted molar refractivity (Wildman–Crippen MR) is 165 cm³/mol. The van der Waals surface area contributed by atoms with Gasteiger partial charge in [-0.15, -0.1) is 0 Å². The quantitative estimate of drug-likeness (QED) is 0.0271. The number of aliphatic hydroxyl groups excluding tert-OH is 2. The molecule has 5 rings (SSSR count). The predicted octanol–water partition coefficient (Wildman–Crippen LogP) is -5.56. The van der Waals surface area contributed by atoms with Crippen LogP contribution in [0, 0.1) is 39.9 Å². The van der Waals surface area contributed by atoms with E-state index in [4.69, 9.17) is 14.2 Å². The fourth-order valence-corrected chi connectivity index (χ4v) is 11.3. The Hall–Kier alpha value is 1.00. The maximum Gasteiger partial charge on any atom is 1.00 e. The molecule has 0 aromatic rings. The number of carboxylic acids is 2. The van der Waals surface area contributed by atoms with Crippen molar-refractivity contribution in [1.82, 2.24) is 0 Å². The number of hydrogen-bond acceptors (Lipinski definition) is 16. The molecule has 0 aromatic carbocycles. The van der Waals surface area contributed by atoms with Crippen LogP contribution in [0.2, 0.25) is 0 Å². The van der Waals surface area contributed by atoms with Crippen LogP contribution in [0.1, 0.15) is 72.1 Å². The summed E-state index contributed by atoms with van der Waals surface area (Å²) >= 11 is 0. The Bertz CT molecular complexity index is 1630. The van der Waals surface area contributed by atoms with Gasteiger partial charge in [0.25, 0.3) is 0 Å². The molecule has 2 bridgehead atoms. The smallest absolute Gasteiger partial charge is 0.726 e. The summed E-state index contributed by atoms with van der Waals surface area (Å²) in [5, 5.41) is 42.9. The molecule has 10 unspecified atom stereocenters. The van der Waals surface area contributed by atoms with E-state index in [1.165, 1.54) is 0 Å². The van der Waals surface area contributed by atoms with Crippen LogP contribution in [-0.4, -0.2) is 114 Å². The van der Waals surface area contributed by atoms with Gasteiger partial charge in [-0.2, -0.15) is 0 Å². The average Bonchev–Trinajstić information content (AvgIpc) is 3.16. The van der Waals surface area contributed by atoms with Crippen molar-refractivity contribution < 1.29 is 186 Å². The van der Waals surface area contributed by atoms with Gasteiger partial charge in [-0.1, -0.05) is 27.4 Å². The summed E-state index contributed by atoms with van der Waals surface area (Å²) < 4.78 is 97.0. The summed E-state index contributed by atoms with van der Waals surface area (Å²) in [5.74, 6) is -5.97. The molecule has 1 saturated heterocycles. The van der Waals surface area contributed by atoms with Crippen LogP contribution < -0.4 is 103 Å². The van der Waals surface area contributed by atoms with Crippen LogP contribution in [0.15, 0.2) is 12.2 Å². The van der Waals surface area contributed by atoms with Gasteiger partial charge in [-0.05, 0) is 73.2 Å².